The summed E-state index contributed by atoms with van der Waals surface area (Å²) in [5, 5.41) is 8.81. The van der Waals surface area contributed by atoms with E-state index in [2.05, 4.69) is 53.2 Å². The quantitative estimate of drug-likeness (QED) is 0.849. The van der Waals surface area contributed by atoms with Crippen LogP contribution in [0.5, 0.6) is 0 Å². The van der Waals surface area contributed by atoms with Gasteiger partial charge in [-0.25, -0.2) is 0 Å². The Hall–Kier alpha value is -1.13. The fourth-order valence-corrected chi connectivity index (χ4v) is 2.55. The van der Waals surface area contributed by atoms with E-state index in [0.717, 1.165) is 18.1 Å². The molecule has 1 heterocycles. The van der Waals surface area contributed by atoms with E-state index >= 15 is 0 Å². The summed E-state index contributed by atoms with van der Waals surface area (Å²) in [6.07, 6.45) is 0. The Labute approximate surface area is 110 Å². The van der Waals surface area contributed by atoms with Gasteiger partial charge in [0.15, 0.2) is 0 Å². The Morgan fingerprint density at radius 3 is 2.76 bits per heavy atom. The summed E-state index contributed by atoms with van der Waals surface area (Å²) in [6, 6.07) is 8.45. The van der Waals surface area contributed by atoms with Crippen molar-refractivity contribution < 1.29 is 0 Å². The van der Waals surface area contributed by atoms with Gasteiger partial charge in [-0.2, -0.15) is 0 Å². The minimum absolute atomic E-state index is 0.500. The highest BCUT2D eigenvalue weighted by molar-refractivity contribution is 7.15. The van der Waals surface area contributed by atoms with E-state index < -0.39 is 0 Å². The molecule has 0 aliphatic rings. The van der Waals surface area contributed by atoms with Crippen LogP contribution in [0.4, 0.5) is 5.69 Å². The number of aromatic nitrogens is 2. The number of rotatable bonds is 4. The molecular weight excluding hydrogens is 254 g/mol. The van der Waals surface area contributed by atoms with Gasteiger partial charge >= 0.3 is 0 Å². The van der Waals surface area contributed by atoms with Crippen LogP contribution in [0.3, 0.4) is 0 Å². The molecule has 0 spiro atoms. The van der Waals surface area contributed by atoms with Crippen LogP contribution in [-0.2, 0) is 6.54 Å². The third-order valence-electron chi connectivity index (χ3n) is 2.52. The highest BCUT2D eigenvalue weighted by atomic mass is 35.5. The van der Waals surface area contributed by atoms with E-state index in [9.17, 15) is 0 Å². The Morgan fingerprint density at radius 2 is 2.18 bits per heavy atom. The molecular formula is C12H14ClN3S. The van der Waals surface area contributed by atoms with Gasteiger partial charge in [0.1, 0.15) is 5.01 Å². The number of nitrogens with zero attached hydrogens (tertiary/aromatic N) is 3. The van der Waals surface area contributed by atoms with Crippen molar-refractivity contribution in [1.29, 1.82) is 0 Å². The van der Waals surface area contributed by atoms with Crippen LogP contribution in [-0.4, -0.2) is 16.7 Å². The van der Waals surface area contributed by atoms with E-state index in [4.69, 9.17) is 11.6 Å². The highest BCUT2D eigenvalue weighted by Gasteiger charge is 2.09. The van der Waals surface area contributed by atoms with Gasteiger partial charge in [0, 0.05) is 12.2 Å². The molecule has 0 fully saturated rings. The second-order valence-corrected chi connectivity index (χ2v) is 5.45. The number of hydrogen-bond donors (Lipinski definition) is 0. The summed E-state index contributed by atoms with van der Waals surface area (Å²) in [7, 11) is 0. The molecule has 0 aliphatic carbocycles. The fraction of sp³-hybridized carbons (Fsp3) is 0.333. The molecule has 0 bridgehead atoms. The molecule has 3 nitrogen and oxygen atoms in total. The molecule has 1 aromatic heterocycles. The molecule has 0 N–H and O–H groups in total. The molecule has 1 aromatic carbocycles. The maximum Gasteiger partial charge on any atom is 0.207 e. The van der Waals surface area contributed by atoms with E-state index in [1.807, 2.05) is 0 Å². The van der Waals surface area contributed by atoms with Crippen molar-refractivity contribution in [3.05, 3.63) is 39.3 Å². The van der Waals surface area contributed by atoms with Crippen molar-refractivity contribution in [2.45, 2.75) is 20.4 Å². The molecule has 0 unspecified atom stereocenters. The van der Waals surface area contributed by atoms with Crippen molar-refractivity contribution >= 4 is 28.6 Å². The Kier molecular flexibility index (Phi) is 3.97. The molecule has 17 heavy (non-hydrogen) atoms. The lowest BCUT2D eigenvalue weighted by atomic mass is 10.2. The molecule has 0 saturated heterocycles. The van der Waals surface area contributed by atoms with Crippen molar-refractivity contribution in [3.8, 4) is 0 Å². The molecule has 2 rings (SSSR count). The zero-order valence-corrected chi connectivity index (χ0v) is 11.4. The summed E-state index contributed by atoms with van der Waals surface area (Å²) >= 11 is 7.22. The second-order valence-electron chi connectivity index (χ2n) is 3.80. The number of halogens is 1. The van der Waals surface area contributed by atoms with Crippen LogP contribution in [0, 0.1) is 6.92 Å². The van der Waals surface area contributed by atoms with Crippen LogP contribution in [0.2, 0.25) is 4.47 Å². The molecule has 0 radical (unpaired) electrons. The predicted molar refractivity (Wildman–Crippen MR) is 72.8 cm³/mol. The zero-order chi connectivity index (χ0) is 12.3. The minimum Gasteiger partial charge on any atom is -0.365 e. The molecule has 0 aliphatic heterocycles. The van der Waals surface area contributed by atoms with Crippen molar-refractivity contribution in [1.82, 2.24) is 10.2 Å². The lowest BCUT2D eigenvalue weighted by Crippen LogP contribution is -2.21. The van der Waals surface area contributed by atoms with E-state index in [1.54, 1.807) is 0 Å². The monoisotopic (exact) mass is 267 g/mol. The lowest BCUT2D eigenvalue weighted by molar-refractivity contribution is 0.811. The molecule has 2 aromatic rings. The van der Waals surface area contributed by atoms with Crippen LogP contribution < -0.4 is 4.90 Å². The third kappa shape index (κ3) is 3.17. The summed E-state index contributed by atoms with van der Waals surface area (Å²) in [5.41, 5.74) is 2.47. The molecule has 0 saturated carbocycles. The topological polar surface area (TPSA) is 29.0 Å². The third-order valence-corrected chi connectivity index (χ3v) is 3.52. The maximum atomic E-state index is 5.78. The van der Waals surface area contributed by atoms with Gasteiger partial charge in [0.2, 0.25) is 4.47 Å². The van der Waals surface area contributed by atoms with E-state index in [0.29, 0.717) is 4.47 Å². The molecule has 0 amide bonds. The average molecular weight is 268 g/mol. The van der Waals surface area contributed by atoms with Crippen LogP contribution in [0.1, 0.15) is 17.5 Å². The van der Waals surface area contributed by atoms with Crippen molar-refractivity contribution in [2.75, 3.05) is 11.4 Å². The summed E-state index contributed by atoms with van der Waals surface area (Å²) in [5.74, 6) is 0. The van der Waals surface area contributed by atoms with Gasteiger partial charge in [-0.3, -0.25) is 0 Å². The first-order valence-electron chi connectivity index (χ1n) is 5.48. The number of aryl methyl sites for hydroxylation is 1. The lowest BCUT2D eigenvalue weighted by Gasteiger charge is -2.21. The first-order valence-corrected chi connectivity index (χ1v) is 6.68. The fourth-order valence-electron chi connectivity index (χ4n) is 1.67. The van der Waals surface area contributed by atoms with Gasteiger partial charge in [0.25, 0.3) is 0 Å². The largest absolute Gasteiger partial charge is 0.365 e. The van der Waals surface area contributed by atoms with Gasteiger partial charge in [-0.15, -0.1) is 10.2 Å². The van der Waals surface area contributed by atoms with Gasteiger partial charge < -0.3 is 4.90 Å². The van der Waals surface area contributed by atoms with E-state index in [-0.39, 0.29) is 0 Å². The zero-order valence-electron chi connectivity index (χ0n) is 9.85. The van der Waals surface area contributed by atoms with Crippen LogP contribution >= 0.6 is 22.9 Å². The van der Waals surface area contributed by atoms with Crippen molar-refractivity contribution in [2.24, 2.45) is 0 Å². The minimum atomic E-state index is 0.500. The summed E-state index contributed by atoms with van der Waals surface area (Å²) in [4.78, 5) is 2.25. The highest BCUT2D eigenvalue weighted by Crippen LogP contribution is 2.21. The van der Waals surface area contributed by atoms with Crippen LogP contribution in [0.15, 0.2) is 24.3 Å². The second kappa shape index (κ2) is 5.47. The Bertz CT molecular complexity index is 498. The maximum absolute atomic E-state index is 5.78. The van der Waals surface area contributed by atoms with Crippen LogP contribution in [0.25, 0.3) is 0 Å². The van der Waals surface area contributed by atoms with Crippen molar-refractivity contribution in [3.63, 3.8) is 0 Å². The normalized spacial score (nSPS) is 10.5. The van der Waals surface area contributed by atoms with Gasteiger partial charge in [-0.1, -0.05) is 23.5 Å². The molecule has 5 heteroatoms. The number of anilines is 1. The molecule has 90 valence electrons. The average Bonchev–Trinajstić information content (AvgIpc) is 2.72. The SMILES string of the molecule is CCN(Cc1nnc(Cl)s1)c1cccc(C)c1. The first-order chi connectivity index (χ1) is 8.19. The smallest absolute Gasteiger partial charge is 0.207 e. The Morgan fingerprint density at radius 1 is 1.35 bits per heavy atom. The Balaban J connectivity index is 2.16. The predicted octanol–water partition coefficient (Wildman–Crippen LogP) is 3.53. The van der Waals surface area contributed by atoms with E-state index in [1.165, 1.54) is 22.6 Å². The standard InChI is InChI=1S/C12H14ClN3S/c1-3-16(8-11-14-15-12(13)17-11)10-6-4-5-9(2)7-10/h4-7H,3,8H2,1-2H3. The molecule has 0 atom stereocenters. The van der Waals surface area contributed by atoms with Gasteiger partial charge in [-0.05, 0) is 43.1 Å². The summed E-state index contributed by atoms with van der Waals surface area (Å²) < 4.78 is 0.500. The number of hydrogen-bond acceptors (Lipinski definition) is 4. The van der Waals surface area contributed by atoms with Gasteiger partial charge in [0.05, 0.1) is 6.54 Å². The number of benzene rings is 1. The first kappa shape index (κ1) is 12.3. The summed E-state index contributed by atoms with van der Waals surface area (Å²) in [6.45, 7) is 5.91.